The number of unbranched alkanes of at least 4 members (excludes halogenated alkanes) is 4. The summed E-state index contributed by atoms with van der Waals surface area (Å²) in [7, 11) is 0. The lowest BCUT2D eigenvalue weighted by Gasteiger charge is -2.17. The van der Waals surface area contributed by atoms with Crippen LogP contribution in [0.4, 0.5) is 4.79 Å². The Morgan fingerprint density at radius 3 is 2.57 bits per heavy atom. The molecule has 0 aromatic rings. The van der Waals surface area contributed by atoms with E-state index < -0.39 is 6.16 Å². The monoisotopic (exact) mass is 361 g/mol. The van der Waals surface area contributed by atoms with Crippen LogP contribution < -0.4 is 0 Å². The van der Waals surface area contributed by atoms with Gasteiger partial charge in [-0.2, -0.15) is 0 Å². The van der Waals surface area contributed by atoms with Gasteiger partial charge in [-0.05, 0) is 25.7 Å². The Morgan fingerprint density at radius 2 is 1.96 bits per heavy atom. The number of ether oxygens (including phenoxy) is 1. The maximum atomic E-state index is 12.1. The molecule has 23 heavy (non-hydrogen) atoms. The molecule has 5 nitrogen and oxygen atoms in total. The molecule has 1 amide bonds. The van der Waals surface area contributed by atoms with Gasteiger partial charge in [0.05, 0.1) is 0 Å². The van der Waals surface area contributed by atoms with E-state index in [0.29, 0.717) is 30.1 Å². The van der Waals surface area contributed by atoms with E-state index in [1.165, 1.54) is 31.0 Å². The molecule has 0 aliphatic carbocycles. The van der Waals surface area contributed by atoms with Crippen LogP contribution >= 0.6 is 24.0 Å². The smallest absolute Gasteiger partial charge is 0.450 e. The molecule has 0 spiro atoms. The summed E-state index contributed by atoms with van der Waals surface area (Å²) in [5, 5.41) is 8.82. The molecule has 1 aliphatic rings. The molecule has 1 atom stereocenters. The fourth-order valence-corrected chi connectivity index (χ4v) is 3.86. The second kappa shape index (κ2) is 11.7. The highest BCUT2D eigenvalue weighted by atomic mass is 32.2. The molecule has 1 unspecified atom stereocenters. The average Bonchev–Trinajstić information content (AvgIpc) is 2.92. The molecule has 1 fully saturated rings. The van der Waals surface area contributed by atoms with Crippen LogP contribution in [0.1, 0.15) is 64.7 Å². The SMILES string of the molecule is CCCCCCCC(CCCC(=O)N1CCSC1=S)OC(=O)O. The molecule has 0 bridgehead atoms. The van der Waals surface area contributed by atoms with E-state index in [-0.39, 0.29) is 12.0 Å². The van der Waals surface area contributed by atoms with E-state index in [1.54, 1.807) is 4.90 Å². The van der Waals surface area contributed by atoms with Crippen LogP contribution in [-0.2, 0) is 9.53 Å². The predicted octanol–water partition coefficient (Wildman–Crippen LogP) is 4.44. The van der Waals surface area contributed by atoms with Gasteiger partial charge in [-0.25, -0.2) is 4.79 Å². The van der Waals surface area contributed by atoms with E-state index in [4.69, 9.17) is 22.1 Å². The van der Waals surface area contributed by atoms with Gasteiger partial charge in [-0.3, -0.25) is 9.69 Å². The summed E-state index contributed by atoms with van der Waals surface area (Å²) in [6, 6.07) is 0. The largest absolute Gasteiger partial charge is 0.506 e. The number of nitrogens with zero attached hydrogens (tertiary/aromatic N) is 1. The van der Waals surface area contributed by atoms with Crippen molar-refractivity contribution in [2.75, 3.05) is 12.3 Å². The minimum absolute atomic E-state index is 0.0389. The molecule has 132 valence electrons. The molecule has 1 N–H and O–H groups in total. The third-order valence-electron chi connectivity index (χ3n) is 3.88. The Balaban J connectivity index is 2.25. The molecule has 0 radical (unpaired) electrons. The molecule has 0 saturated carbocycles. The van der Waals surface area contributed by atoms with Crippen molar-refractivity contribution in [3.8, 4) is 0 Å². The average molecular weight is 362 g/mol. The summed E-state index contributed by atoms with van der Waals surface area (Å²) in [5.74, 6) is 0.907. The number of hydrogen-bond donors (Lipinski definition) is 1. The van der Waals surface area contributed by atoms with Crippen LogP contribution in [0.2, 0.25) is 0 Å². The Hall–Kier alpha value is -0.820. The third-order valence-corrected chi connectivity index (χ3v) is 5.30. The highest BCUT2D eigenvalue weighted by Crippen LogP contribution is 2.20. The predicted molar refractivity (Wildman–Crippen MR) is 96.9 cm³/mol. The number of carboxylic acid groups (broad SMARTS) is 1. The van der Waals surface area contributed by atoms with Crippen molar-refractivity contribution in [2.24, 2.45) is 0 Å². The van der Waals surface area contributed by atoms with E-state index in [9.17, 15) is 9.59 Å². The van der Waals surface area contributed by atoms with Crippen molar-refractivity contribution < 1.29 is 19.4 Å². The van der Waals surface area contributed by atoms with Crippen molar-refractivity contribution in [1.82, 2.24) is 4.90 Å². The molecule has 1 aliphatic heterocycles. The molecule has 1 rings (SSSR count). The van der Waals surface area contributed by atoms with Gasteiger partial charge in [-0.15, -0.1) is 0 Å². The van der Waals surface area contributed by atoms with Gasteiger partial charge in [0.15, 0.2) is 0 Å². The topological polar surface area (TPSA) is 66.8 Å². The third kappa shape index (κ3) is 8.55. The Labute approximate surface area is 148 Å². The normalized spacial score (nSPS) is 15.7. The number of hydrogen-bond acceptors (Lipinski definition) is 5. The number of thiocarbonyl (C=S) groups is 1. The maximum Gasteiger partial charge on any atom is 0.506 e. The first-order valence-corrected chi connectivity index (χ1v) is 9.80. The van der Waals surface area contributed by atoms with Gasteiger partial charge < -0.3 is 9.84 Å². The van der Waals surface area contributed by atoms with Crippen molar-refractivity contribution in [1.29, 1.82) is 0 Å². The number of carbonyl (C=O) groups excluding carboxylic acids is 1. The van der Waals surface area contributed by atoms with Crippen LogP contribution in [0, 0.1) is 0 Å². The van der Waals surface area contributed by atoms with E-state index in [0.717, 1.165) is 25.0 Å². The lowest BCUT2D eigenvalue weighted by atomic mass is 10.0. The zero-order chi connectivity index (χ0) is 17.1. The Kier molecular flexibility index (Phi) is 10.3. The van der Waals surface area contributed by atoms with Gasteiger partial charge in [0.2, 0.25) is 5.91 Å². The van der Waals surface area contributed by atoms with E-state index in [2.05, 4.69) is 6.92 Å². The number of carbonyl (C=O) groups is 2. The summed E-state index contributed by atoms with van der Waals surface area (Å²) < 4.78 is 5.60. The molecule has 0 aromatic carbocycles. The van der Waals surface area contributed by atoms with Gasteiger partial charge in [0.1, 0.15) is 10.4 Å². The van der Waals surface area contributed by atoms with Crippen LogP contribution in [-0.4, -0.2) is 44.8 Å². The first-order chi connectivity index (χ1) is 11.0. The lowest BCUT2D eigenvalue weighted by Crippen LogP contribution is -2.30. The molecule has 7 heteroatoms. The highest BCUT2D eigenvalue weighted by Gasteiger charge is 2.24. The zero-order valence-electron chi connectivity index (χ0n) is 13.8. The summed E-state index contributed by atoms with van der Waals surface area (Å²) in [6.07, 6.45) is 6.49. The first-order valence-electron chi connectivity index (χ1n) is 8.41. The van der Waals surface area contributed by atoms with Crippen LogP contribution in [0.5, 0.6) is 0 Å². The molecule has 1 saturated heterocycles. The van der Waals surface area contributed by atoms with Crippen molar-refractivity contribution in [3.63, 3.8) is 0 Å². The minimum atomic E-state index is -1.23. The standard InChI is InChI=1S/C16H27NO4S2/c1-2-3-4-5-6-8-13(21-16(19)20)9-7-10-14(18)17-11-12-23-15(17)22/h13H,2-12H2,1H3,(H,19,20). The molecular formula is C16H27NO4S2. The van der Waals surface area contributed by atoms with Crippen LogP contribution in [0.25, 0.3) is 0 Å². The number of thioether (sulfide) groups is 1. The first kappa shape index (κ1) is 20.2. The Morgan fingerprint density at radius 1 is 1.26 bits per heavy atom. The maximum absolute atomic E-state index is 12.1. The summed E-state index contributed by atoms with van der Waals surface area (Å²) in [5.41, 5.74) is 0. The van der Waals surface area contributed by atoms with Gasteiger partial charge in [0.25, 0.3) is 0 Å². The summed E-state index contributed by atoms with van der Waals surface area (Å²) in [6.45, 7) is 2.85. The van der Waals surface area contributed by atoms with Gasteiger partial charge in [0, 0.05) is 18.7 Å². The van der Waals surface area contributed by atoms with Gasteiger partial charge in [-0.1, -0.05) is 56.6 Å². The minimum Gasteiger partial charge on any atom is -0.450 e. The molecular weight excluding hydrogens is 334 g/mol. The van der Waals surface area contributed by atoms with Crippen molar-refractivity contribution >= 4 is 40.4 Å². The van der Waals surface area contributed by atoms with E-state index >= 15 is 0 Å². The number of rotatable bonds is 11. The van der Waals surface area contributed by atoms with E-state index in [1.807, 2.05) is 0 Å². The highest BCUT2D eigenvalue weighted by molar-refractivity contribution is 8.23. The van der Waals surface area contributed by atoms with Crippen LogP contribution in [0.3, 0.4) is 0 Å². The summed E-state index contributed by atoms with van der Waals surface area (Å²) in [4.78, 5) is 24.5. The Bertz CT molecular complexity index is 404. The zero-order valence-corrected chi connectivity index (χ0v) is 15.4. The fourth-order valence-electron chi connectivity index (χ4n) is 2.62. The van der Waals surface area contributed by atoms with Gasteiger partial charge >= 0.3 is 6.16 Å². The lowest BCUT2D eigenvalue weighted by molar-refractivity contribution is -0.127. The van der Waals surface area contributed by atoms with Crippen LogP contribution in [0.15, 0.2) is 0 Å². The van der Waals surface area contributed by atoms with Crippen molar-refractivity contribution in [3.05, 3.63) is 0 Å². The molecule has 1 heterocycles. The quantitative estimate of drug-likeness (QED) is 0.333. The summed E-state index contributed by atoms with van der Waals surface area (Å²) >= 11 is 6.67. The fraction of sp³-hybridized carbons (Fsp3) is 0.812. The number of amides is 1. The van der Waals surface area contributed by atoms with Crippen molar-refractivity contribution in [2.45, 2.75) is 70.8 Å². The second-order valence-electron chi connectivity index (χ2n) is 5.76. The molecule has 0 aromatic heterocycles. The second-order valence-corrected chi connectivity index (χ2v) is 7.49.